The van der Waals surface area contributed by atoms with Crippen LogP contribution in [0, 0.1) is 0 Å². The van der Waals surface area contributed by atoms with E-state index in [0.717, 1.165) is 5.56 Å². The highest BCUT2D eigenvalue weighted by atomic mass is 35.5. The molecule has 0 fully saturated rings. The van der Waals surface area contributed by atoms with Gasteiger partial charge in [-0.3, -0.25) is 4.79 Å². The van der Waals surface area contributed by atoms with Crippen LogP contribution < -0.4 is 14.9 Å². The monoisotopic (exact) mass is 346 g/mol. The number of benzene rings is 2. The molecule has 0 atom stereocenters. The highest BCUT2D eigenvalue weighted by Crippen LogP contribution is 2.28. The maximum atomic E-state index is 12.2. The normalized spacial score (nSPS) is 10.9. The van der Waals surface area contributed by atoms with Crippen molar-refractivity contribution in [2.75, 3.05) is 7.11 Å². The molecule has 2 rings (SSSR count). The van der Waals surface area contributed by atoms with Crippen LogP contribution in [0.15, 0.2) is 47.6 Å². The summed E-state index contributed by atoms with van der Waals surface area (Å²) < 4.78 is 10.9. The van der Waals surface area contributed by atoms with Gasteiger partial charge in [0.15, 0.2) is 11.5 Å². The first kappa shape index (κ1) is 17.8. The van der Waals surface area contributed by atoms with E-state index in [2.05, 4.69) is 10.5 Å². The Labute approximate surface area is 146 Å². The quantitative estimate of drug-likeness (QED) is 0.637. The van der Waals surface area contributed by atoms with Crippen molar-refractivity contribution >= 4 is 23.7 Å². The van der Waals surface area contributed by atoms with Gasteiger partial charge in [-0.25, -0.2) is 5.43 Å². The average Bonchev–Trinajstić information content (AvgIpc) is 2.56. The van der Waals surface area contributed by atoms with Gasteiger partial charge in [-0.15, -0.1) is 0 Å². The molecule has 0 saturated heterocycles. The summed E-state index contributed by atoms with van der Waals surface area (Å²) in [7, 11) is 1.53. The summed E-state index contributed by atoms with van der Waals surface area (Å²) in [5.74, 6) is 0.725. The molecule has 126 valence electrons. The molecule has 0 aliphatic carbocycles. The number of nitrogens with zero attached hydrogens (tertiary/aromatic N) is 1. The van der Waals surface area contributed by atoms with Crippen LogP contribution in [0.1, 0.15) is 29.8 Å². The van der Waals surface area contributed by atoms with E-state index in [1.807, 2.05) is 26.0 Å². The number of hydrogen-bond donors (Lipinski definition) is 1. The van der Waals surface area contributed by atoms with Crippen molar-refractivity contribution in [3.8, 4) is 11.5 Å². The van der Waals surface area contributed by atoms with Crippen LogP contribution in [0.4, 0.5) is 0 Å². The smallest absolute Gasteiger partial charge is 0.271 e. The molecular weight excluding hydrogens is 328 g/mol. The molecule has 5 nitrogen and oxygen atoms in total. The summed E-state index contributed by atoms with van der Waals surface area (Å²) in [6, 6.07) is 12.2. The summed E-state index contributed by atoms with van der Waals surface area (Å²) in [5, 5.41) is 4.49. The van der Waals surface area contributed by atoms with Gasteiger partial charge >= 0.3 is 0 Å². The van der Waals surface area contributed by atoms with E-state index in [0.29, 0.717) is 22.1 Å². The van der Waals surface area contributed by atoms with E-state index in [9.17, 15) is 4.79 Å². The largest absolute Gasteiger partial charge is 0.493 e. The zero-order valence-corrected chi connectivity index (χ0v) is 14.5. The number of halogens is 1. The topological polar surface area (TPSA) is 59.9 Å². The number of hydrogen-bond acceptors (Lipinski definition) is 4. The van der Waals surface area contributed by atoms with E-state index >= 15 is 0 Å². The molecule has 1 N–H and O–H groups in total. The van der Waals surface area contributed by atoms with Gasteiger partial charge in [0.2, 0.25) is 0 Å². The minimum atomic E-state index is -0.354. The molecule has 0 heterocycles. The fraction of sp³-hybridized carbons (Fsp3) is 0.222. The van der Waals surface area contributed by atoms with E-state index in [1.165, 1.54) is 13.3 Å². The minimum Gasteiger partial charge on any atom is -0.493 e. The number of hydrazone groups is 1. The van der Waals surface area contributed by atoms with Crippen LogP contribution >= 0.6 is 11.6 Å². The van der Waals surface area contributed by atoms with E-state index < -0.39 is 0 Å². The van der Waals surface area contributed by atoms with Crippen LogP contribution in [0.2, 0.25) is 5.02 Å². The molecule has 2 aromatic carbocycles. The third-order valence-corrected chi connectivity index (χ3v) is 3.41. The molecule has 0 aromatic heterocycles. The molecule has 0 saturated carbocycles. The van der Waals surface area contributed by atoms with Crippen molar-refractivity contribution in [1.82, 2.24) is 5.43 Å². The predicted octanol–water partition coefficient (Wildman–Crippen LogP) is 3.90. The van der Waals surface area contributed by atoms with Gasteiger partial charge in [0.25, 0.3) is 5.91 Å². The lowest BCUT2D eigenvalue weighted by molar-refractivity contribution is 0.0954. The standard InChI is InChI=1S/C18H19ClN2O3/c1-12(2)24-16-9-8-13(10-17(16)23-3)18(22)21-20-11-14-6-4-5-7-15(14)19/h4-12H,1-3H3,(H,21,22)/b20-11+. The number of methoxy groups -OCH3 is 1. The fourth-order valence-corrected chi connectivity index (χ4v) is 2.15. The van der Waals surface area contributed by atoms with Crippen molar-refractivity contribution in [3.63, 3.8) is 0 Å². The second-order valence-electron chi connectivity index (χ2n) is 5.25. The number of ether oxygens (including phenoxy) is 2. The van der Waals surface area contributed by atoms with E-state index in [1.54, 1.807) is 30.3 Å². The molecule has 1 amide bonds. The van der Waals surface area contributed by atoms with Gasteiger partial charge in [-0.1, -0.05) is 29.8 Å². The number of nitrogens with one attached hydrogen (secondary N) is 1. The Balaban J connectivity index is 2.08. The highest BCUT2D eigenvalue weighted by molar-refractivity contribution is 6.33. The Morgan fingerprint density at radius 2 is 1.96 bits per heavy atom. The van der Waals surface area contributed by atoms with Crippen LogP contribution in [0.3, 0.4) is 0 Å². The predicted molar refractivity (Wildman–Crippen MR) is 95.3 cm³/mol. The van der Waals surface area contributed by atoms with Gasteiger partial charge < -0.3 is 9.47 Å². The summed E-state index contributed by atoms with van der Waals surface area (Å²) in [5.41, 5.74) is 3.60. The lowest BCUT2D eigenvalue weighted by atomic mass is 10.2. The number of amides is 1. The van der Waals surface area contributed by atoms with Crippen LogP contribution in [-0.4, -0.2) is 25.3 Å². The fourth-order valence-electron chi connectivity index (χ4n) is 1.96. The lowest BCUT2D eigenvalue weighted by Gasteiger charge is -2.14. The maximum absolute atomic E-state index is 12.2. The molecule has 0 aliphatic rings. The van der Waals surface area contributed by atoms with Crippen molar-refractivity contribution < 1.29 is 14.3 Å². The van der Waals surface area contributed by atoms with Crippen molar-refractivity contribution in [3.05, 3.63) is 58.6 Å². The highest BCUT2D eigenvalue weighted by Gasteiger charge is 2.11. The molecule has 0 bridgehead atoms. The van der Waals surface area contributed by atoms with Crippen molar-refractivity contribution in [2.45, 2.75) is 20.0 Å². The van der Waals surface area contributed by atoms with E-state index in [4.69, 9.17) is 21.1 Å². The maximum Gasteiger partial charge on any atom is 0.271 e. The van der Waals surface area contributed by atoms with Crippen molar-refractivity contribution in [1.29, 1.82) is 0 Å². The molecule has 0 unspecified atom stereocenters. The summed E-state index contributed by atoms with van der Waals surface area (Å²) in [6.45, 7) is 3.84. The first-order chi connectivity index (χ1) is 11.5. The SMILES string of the molecule is COc1cc(C(=O)N/N=C/c2ccccc2Cl)ccc1OC(C)C. The van der Waals surface area contributed by atoms with Gasteiger partial charge in [-0.2, -0.15) is 5.10 Å². The molecule has 0 aliphatic heterocycles. The summed E-state index contributed by atoms with van der Waals surface area (Å²) >= 11 is 6.02. The molecule has 6 heteroatoms. The first-order valence-corrected chi connectivity index (χ1v) is 7.81. The van der Waals surface area contributed by atoms with Gasteiger partial charge in [0.05, 0.1) is 19.4 Å². The Bertz CT molecular complexity index is 745. The number of carbonyl (C=O) groups is 1. The zero-order chi connectivity index (χ0) is 17.5. The molecular formula is C18H19ClN2O3. The third kappa shape index (κ3) is 4.73. The molecule has 0 spiro atoms. The van der Waals surface area contributed by atoms with Crippen molar-refractivity contribution in [2.24, 2.45) is 5.10 Å². The Hall–Kier alpha value is -2.53. The lowest BCUT2D eigenvalue weighted by Crippen LogP contribution is -2.18. The van der Waals surface area contributed by atoms with Crippen LogP contribution in [0.25, 0.3) is 0 Å². The number of rotatable bonds is 6. The summed E-state index contributed by atoms with van der Waals surface area (Å²) in [6.07, 6.45) is 1.51. The summed E-state index contributed by atoms with van der Waals surface area (Å²) in [4.78, 5) is 12.2. The van der Waals surface area contributed by atoms with Gasteiger partial charge in [-0.05, 0) is 38.1 Å². The van der Waals surface area contributed by atoms with Crippen LogP contribution in [0.5, 0.6) is 11.5 Å². The Morgan fingerprint density at radius 1 is 1.21 bits per heavy atom. The second-order valence-corrected chi connectivity index (χ2v) is 5.66. The first-order valence-electron chi connectivity index (χ1n) is 7.44. The minimum absolute atomic E-state index is 0.0128. The average molecular weight is 347 g/mol. The van der Waals surface area contributed by atoms with Gasteiger partial charge in [0, 0.05) is 16.1 Å². The second kappa shape index (κ2) is 8.36. The zero-order valence-electron chi connectivity index (χ0n) is 13.7. The Kier molecular flexibility index (Phi) is 6.21. The van der Waals surface area contributed by atoms with Gasteiger partial charge in [0.1, 0.15) is 0 Å². The molecule has 0 radical (unpaired) electrons. The molecule has 2 aromatic rings. The van der Waals surface area contributed by atoms with Crippen LogP contribution in [-0.2, 0) is 0 Å². The molecule has 24 heavy (non-hydrogen) atoms. The van der Waals surface area contributed by atoms with E-state index in [-0.39, 0.29) is 12.0 Å². The third-order valence-electron chi connectivity index (χ3n) is 3.06. The number of carbonyl (C=O) groups excluding carboxylic acids is 1. The Morgan fingerprint density at radius 3 is 2.62 bits per heavy atom.